The first-order valence-corrected chi connectivity index (χ1v) is 8.33. The Balaban J connectivity index is 1.48. The summed E-state index contributed by atoms with van der Waals surface area (Å²) in [5, 5.41) is 2.89. The van der Waals surface area contributed by atoms with Crippen LogP contribution in [0.15, 0.2) is 24.3 Å². The van der Waals surface area contributed by atoms with Crippen molar-refractivity contribution >= 4 is 11.8 Å². The van der Waals surface area contributed by atoms with Gasteiger partial charge in [-0.2, -0.15) is 0 Å². The highest BCUT2D eigenvalue weighted by atomic mass is 16.5. The highest BCUT2D eigenvalue weighted by molar-refractivity contribution is 5.92. The Morgan fingerprint density at radius 2 is 2.04 bits per heavy atom. The van der Waals surface area contributed by atoms with Crippen LogP contribution in [0.5, 0.6) is 0 Å². The number of nitrogens with one attached hydrogen (secondary N) is 1. The van der Waals surface area contributed by atoms with Gasteiger partial charge in [0.25, 0.3) is 0 Å². The van der Waals surface area contributed by atoms with Crippen LogP contribution in [-0.2, 0) is 27.3 Å². The summed E-state index contributed by atoms with van der Waals surface area (Å²) < 4.78 is 4.96. The average molecular weight is 316 g/mol. The lowest BCUT2D eigenvalue weighted by Crippen LogP contribution is -2.38. The Bertz CT molecular complexity index is 587. The van der Waals surface area contributed by atoms with Crippen molar-refractivity contribution < 1.29 is 14.3 Å². The molecule has 1 heterocycles. The van der Waals surface area contributed by atoms with Crippen LogP contribution in [0.2, 0.25) is 0 Å². The molecule has 1 saturated carbocycles. The molecule has 2 amide bonds. The summed E-state index contributed by atoms with van der Waals surface area (Å²) in [6, 6.07) is 8.27. The second kappa shape index (κ2) is 7.13. The average Bonchev–Trinajstić information content (AvgIpc) is 3.38. The van der Waals surface area contributed by atoms with Gasteiger partial charge in [0.1, 0.15) is 0 Å². The number of fused-ring (bicyclic) bond motifs is 1. The molecule has 2 atom stereocenters. The molecule has 5 nitrogen and oxygen atoms in total. The molecule has 0 aromatic heterocycles. The lowest BCUT2D eigenvalue weighted by Gasteiger charge is -2.29. The molecule has 0 spiro atoms. The van der Waals surface area contributed by atoms with Crippen LogP contribution in [0.1, 0.15) is 24.0 Å². The van der Waals surface area contributed by atoms with Crippen molar-refractivity contribution in [2.24, 2.45) is 11.8 Å². The zero-order chi connectivity index (χ0) is 16.2. The molecular weight excluding hydrogens is 292 g/mol. The topological polar surface area (TPSA) is 58.6 Å². The van der Waals surface area contributed by atoms with Crippen LogP contribution in [0.25, 0.3) is 0 Å². The SMILES string of the molecule is COCCCNC(=O)C1CC1C(=O)N1CCc2ccccc2C1. The van der Waals surface area contributed by atoms with Crippen LogP contribution in [0.4, 0.5) is 0 Å². The maximum Gasteiger partial charge on any atom is 0.226 e. The molecule has 0 bridgehead atoms. The van der Waals surface area contributed by atoms with Crippen molar-refractivity contribution in [1.29, 1.82) is 0 Å². The van der Waals surface area contributed by atoms with E-state index in [0.29, 0.717) is 26.1 Å². The van der Waals surface area contributed by atoms with Gasteiger partial charge in [-0.1, -0.05) is 24.3 Å². The Kier molecular flexibility index (Phi) is 4.96. The van der Waals surface area contributed by atoms with Crippen LogP contribution in [-0.4, -0.2) is 43.5 Å². The first-order valence-electron chi connectivity index (χ1n) is 8.33. The molecule has 0 saturated heterocycles. The number of hydrogen-bond acceptors (Lipinski definition) is 3. The summed E-state index contributed by atoms with van der Waals surface area (Å²) in [6.45, 7) is 2.68. The highest BCUT2D eigenvalue weighted by Gasteiger charge is 2.49. The van der Waals surface area contributed by atoms with Gasteiger partial charge in [0.2, 0.25) is 11.8 Å². The van der Waals surface area contributed by atoms with E-state index in [4.69, 9.17) is 4.74 Å². The third-order valence-corrected chi connectivity index (χ3v) is 4.71. The number of ether oxygens (including phenoxy) is 1. The van der Waals surface area contributed by atoms with E-state index in [1.807, 2.05) is 17.0 Å². The lowest BCUT2D eigenvalue weighted by atomic mass is 9.99. The largest absolute Gasteiger partial charge is 0.385 e. The molecule has 3 rings (SSSR count). The van der Waals surface area contributed by atoms with Gasteiger partial charge in [-0.05, 0) is 30.4 Å². The fraction of sp³-hybridized carbons (Fsp3) is 0.556. The first-order chi connectivity index (χ1) is 11.2. The van der Waals surface area contributed by atoms with Crippen molar-refractivity contribution in [2.75, 3.05) is 26.8 Å². The third kappa shape index (κ3) is 3.72. The maximum atomic E-state index is 12.6. The number of hydrogen-bond donors (Lipinski definition) is 1. The molecule has 1 fully saturated rings. The lowest BCUT2D eigenvalue weighted by molar-refractivity contribution is -0.135. The molecule has 1 aromatic rings. The summed E-state index contributed by atoms with van der Waals surface area (Å²) in [5.74, 6) is -0.113. The molecule has 23 heavy (non-hydrogen) atoms. The third-order valence-electron chi connectivity index (χ3n) is 4.71. The summed E-state index contributed by atoms with van der Waals surface area (Å²) in [6.07, 6.45) is 2.39. The van der Waals surface area contributed by atoms with E-state index in [1.165, 1.54) is 11.1 Å². The van der Waals surface area contributed by atoms with Crippen LogP contribution in [0, 0.1) is 11.8 Å². The molecule has 0 radical (unpaired) electrons. The van der Waals surface area contributed by atoms with Crippen molar-refractivity contribution in [1.82, 2.24) is 10.2 Å². The number of methoxy groups -OCH3 is 1. The number of nitrogens with zero attached hydrogens (tertiary/aromatic N) is 1. The normalized spacial score (nSPS) is 22.4. The minimum Gasteiger partial charge on any atom is -0.385 e. The van der Waals surface area contributed by atoms with Crippen molar-refractivity contribution in [2.45, 2.75) is 25.8 Å². The zero-order valence-corrected chi connectivity index (χ0v) is 13.6. The Morgan fingerprint density at radius 3 is 2.83 bits per heavy atom. The van der Waals surface area contributed by atoms with Crippen LogP contribution in [0.3, 0.4) is 0 Å². The molecule has 1 aromatic carbocycles. The molecular formula is C18H24N2O3. The summed E-state index contributed by atoms with van der Waals surface area (Å²) in [7, 11) is 1.65. The quantitative estimate of drug-likeness (QED) is 0.806. The molecule has 5 heteroatoms. The highest BCUT2D eigenvalue weighted by Crippen LogP contribution is 2.40. The van der Waals surface area contributed by atoms with E-state index in [2.05, 4.69) is 17.4 Å². The van der Waals surface area contributed by atoms with E-state index >= 15 is 0 Å². The van der Waals surface area contributed by atoms with E-state index in [-0.39, 0.29) is 23.7 Å². The molecule has 2 aliphatic rings. The fourth-order valence-electron chi connectivity index (χ4n) is 3.24. The number of benzene rings is 1. The summed E-state index contributed by atoms with van der Waals surface area (Å²) >= 11 is 0. The van der Waals surface area contributed by atoms with Crippen molar-refractivity contribution in [3.05, 3.63) is 35.4 Å². The Labute approximate surface area is 137 Å². The Hall–Kier alpha value is -1.88. The van der Waals surface area contributed by atoms with E-state index < -0.39 is 0 Å². The van der Waals surface area contributed by atoms with Crippen molar-refractivity contribution in [3.63, 3.8) is 0 Å². The molecule has 1 aliphatic heterocycles. The smallest absolute Gasteiger partial charge is 0.226 e. The van der Waals surface area contributed by atoms with Crippen LogP contribution >= 0.6 is 0 Å². The molecule has 1 N–H and O–H groups in total. The monoisotopic (exact) mass is 316 g/mol. The van der Waals surface area contributed by atoms with Gasteiger partial charge < -0.3 is 15.0 Å². The van der Waals surface area contributed by atoms with Crippen LogP contribution < -0.4 is 5.32 Å². The van der Waals surface area contributed by atoms with E-state index in [9.17, 15) is 9.59 Å². The molecule has 1 aliphatic carbocycles. The predicted molar refractivity (Wildman–Crippen MR) is 86.7 cm³/mol. The second-order valence-corrected chi connectivity index (χ2v) is 6.36. The summed E-state index contributed by atoms with van der Waals surface area (Å²) in [4.78, 5) is 26.5. The standard InChI is InChI=1S/C18H24N2O3/c1-23-10-4-8-19-17(21)15-11-16(15)18(22)20-9-7-13-5-2-3-6-14(13)12-20/h2-3,5-6,15-16H,4,7-12H2,1H3,(H,19,21). The fourth-order valence-corrected chi connectivity index (χ4v) is 3.24. The maximum absolute atomic E-state index is 12.6. The number of amides is 2. The summed E-state index contributed by atoms with van der Waals surface area (Å²) in [5.41, 5.74) is 2.56. The minimum absolute atomic E-state index is 0.0110. The van der Waals surface area contributed by atoms with E-state index in [1.54, 1.807) is 7.11 Å². The van der Waals surface area contributed by atoms with Gasteiger partial charge in [0.15, 0.2) is 0 Å². The number of carbonyl (C=O) groups is 2. The first kappa shape index (κ1) is 16.0. The minimum atomic E-state index is -0.137. The van der Waals surface area contributed by atoms with Crippen molar-refractivity contribution in [3.8, 4) is 0 Å². The second-order valence-electron chi connectivity index (χ2n) is 6.36. The predicted octanol–water partition coefficient (Wildman–Crippen LogP) is 1.36. The number of rotatable bonds is 6. The number of carbonyl (C=O) groups excluding carboxylic acids is 2. The molecule has 124 valence electrons. The zero-order valence-electron chi connectivity index (χ0n) is 13.6. The van der Waals surface area contributed by atoms with Gasteiger partial charge in [-0.3, -0.25) is 9.59 Å². The Morgan fingerprint density at radius 1 is 1.26 bits per heavy atom. The van der Waals surface area contributed by atoms with Gasteiger partial charge in [0.05, 0.1) is 11.8 Å². The molecule has 2 unspecified atom stereocenters. The van der Waals surface area contributed by atoms with E-state index in [0.717, 1.165) is 19.4 Å². The van der Waals surface area contributed by atoms with Gasteiger partial charge in [-0.25, -0.2) is 0 Å². The van der Waals surface area contributed by atoms with Gasteiger partial charge in [0, 0.05) is 33.4 Å². The van der Waals surface area contributed by atoms with Gasteiger partial charge >= 0.3 is 0 Å². The van der Waals surface area contributed by atoms with Gasteiger partial charge in [-0.15, -0.1) is 0 Å².